The van der Waals surface area contributed by atoms with E-state index in [1.807, 2.05) is 24.3 Å². The Morgan fingerprint density at radius 2 is 1.77 bits per heavy atom. The Morgan fingerprint density at radius 1 is 1.08 bits per heavy atom. The molecule has 1 aliphatic carbocycles. The van der Waals surface area contributed by atoms with Crippen molar-refractivity contribution >= 4 is 29.1 Å². The summed E-state index contributed by atoms with van der Waals surface area (Å²) in [6.07, 6.45) is 1.91. The minimum absolute atomic E-state index is 0.202. The summed E-state index contributed by atoms with van der Waals surface area (Å²) in [6.45, 7) is 5.01. The van der Waals surface area contributed by atoms with E-state index in [1.165, 1.54) is 16.7 Å². The molecular formula is C22H23Cl2NO. The van der Waals surface area contributed by atoms with Crippen LogP contribution in [0, 0.1) is 18.3 Å². The maximum Gasteiger partial charge on any atom is 0.226 e. The first-order valence-corrected chi connectivity index (χ1v) is 9.95. The zero-order valence-electron chi connectivity index (χ0n) is 15.1. The van der Waals surface area contributed by atoms with E-state index in [0.717, 1.165) is 29.4 Å². The van der Waals surface area contributed by atoms with E-state index in [-0.39, 0.29) is 23.2 Å². The number of nitrogens with one attached hydrogen (secondary N) is 1. The number of amides is 1. The molecule has 1 N–H and O–H groups in total. The molecule has 0 bridgehead atoms. The van der Waals surface area contributed by atoms with Crippen LogP contribution in [0.15, 0.2) is 42.5 Å². The van der Waals surface area contributed by atoms with Crippen LogP contribution in [0.1, 0.15) is 48.3 Å². The fraction of sp³-hybridized carbons (Fsp3) is 0.409. The second-order valence-corrected chi connectivity index (χ2v) is 8.83. The Balaban J connectivity index is 1.82. The van der Waals surface area contributed by atoms with Gasteiger partial charge in [0.1, 0.15) is 0 Å². The lowest BCUT2D eigenvalue weighted by molar-refractivity contribution is -0.129. The van der Waals surface area contributed by atoms with E-state index < -0.39 is 0 Å². The van der Waals surface area contributed by atoms with E-state index in [1.54, 1.807) is 0 Å². The monoisotopic (exact) mass is 387 g/mol. The van der Waals surface area contributed by atoms with Gasteiger partial charge in [0, 0.05) is 16.6 Å². The summed E-state index contributed by atoms with van der Waals surface area (Å²) in [5, 5.41) is 4.64. The fourth-order valence-corrected chi connectivity index (χ4v) is 5.44. The van der Waals surface area contributed by atoms with Crippen LogP contribution in [-0.4, -0.2) is 12.5 Å². The number of hydrogen-bond acceptors (Lipinski definition) is 1. The smallest absolute Gasteiger partial charge is 0.226 e. The molecule has 1 saturated heterocycles. The molecule has 4 unspecified atom stereocenters. The third-order valence-corrected chi connectivity index (χ3v) is 7.03. The Morgan fingerprint density at radius 3 is 2.46 bits per heavy atom. The molecule has 136 valence electrons. The molecule has 4 heteroatoms. The highest BCUT2D eigenvalue weighted by molar-refractivity contribution is 6.30. The topological polar surface area (TPSA) is 29.1 Å². The van der Waals surface area contributed by atoms with Gasteiger partial charge in [0.25, 0.3) is 0 Å². The number of rotatable bonds is 2. The molecule has 2 nitrogen and oxygen atoms in total. The average molecular weight is 388 g/mol. The zero-order chi connectivity index (χ0) is 18.5. The van der Waals surface area contributed by atoms with Crippen molar-refractivity contribution in [1.29, 1.82) is 0 Å². The summed E-state index contributed by atoms with van der Waals surface area (Å²) in [4.78, 5) is 12.6. The highest BCUT2D eigenvalue weighted by Crippen LogP contribution is 2.57. The van der Waals surface area contributed by atoms with Gasteiger partial charge in [-0.2, -0.15) is 0 Å². The summed E-state index contributed by atoms with van der Waals surface area (Å²) in [5.74, 6) is 1.14. The van der Waals surface area contributed by atoms with Crippen molar-refractivity contribution in [2.75, 3.05) is 6.54 Å². The van der Waals surface area contributed by atoms with Gasteiger partial charge < -0.3 is 5.32 Å². The highest BCUT2D eigenvalue weighted by atomic mass is 35.5. The highest BCUT2D eigenvalue weighted by Gasteiger charge is 2.54. The van der Waals surface area contributed by atoms with Gasteiger partial charge in [-0.05, 0) is 78.5 Å². The summed E-state index contributed by atoms with van der Waals surface area (Å²) in [6, 6.07) is 14.4. The van der Waals surface area contributed by atoms with Crippen LogP contribution >= 0.6 is 23.2 Å². The third kappa shape index (κ3) is 2.84. The van der Waals surface area contributed by atoms with Crippen molar-refractivity contribution in [2.24, 2.45) is 11.3 Å². The molecule has 1 saturated carbocycles. The number of aryl methyl sites for hydroxylation is 1. The Hall–Kier alpha value is -1.51. The van der Waals surface area contributed by atoms with Gasteiger partial charge in [-0.25, -0.2) is 0 Å². The van der Waals surface area contributed by atoms with Crippen LogP contribution in [0.2, 0.25) is 10.0 Å². The van der Waals surface area contributed by atoms with E-state index in [0.29, 0.717) is 5.92 Å². The predicted molar refractivity (Wildman–Crippen MR) is 107 cm³/mol. The van der Waals surface area contributed by atoms with E-state index >= 15 is 0 Å². The summed E-state index contributed by atoms with van der Waals surface area (Å²) >= 11 is 12.3. The van der Waals surface area contributed by atoms with Gasteiger partial charge >= 0.3 is 0 Å². The van der Waals surface area contributed by atoms with Crippen molar-refractivity contribution in [3.05, 3.63) is 69.2 Å². The molecule has 2 aromatic rings. The minimum Gasteiger partial charge on any atom is -0.355 e. The number of carbonyl (C=O) groups excluding carboxylic acids is 1. The number of benzene rings is 2. The van der Waals surface area contributed by atoms with Gasteiger partial charge in [0.05, 0.1) is 5.41 Å². The third-order valence-electron chi connectivity index (χ3n) is 6.55. The normalized spacial score (nSPS) is 30.8. The summed E-state index contributed by atoms with van der Waals surface area (Å²) in [5.41, 5.74) is 3.54. The van der Waals surface area contributed by atoms with Gasteiger partial charge in [0.2, 0.25) is 5.91 Å². The average Bonchev–Trinajstić information content (AvgIpc) is 2.91. The van der Waals surface area contributed by atoms with E-state index in [4.69, 9.17) is 23.2 Å². The van der Waals surface area contributed by atoms with Gasteiger partial charge in [-0.15, -0.1) is 0 Å². The summed E-state index contributed by atoms with van der Waals surface area (Å²) in [7, 11) is 0. The molecule has 0 aromatic heterocycles. The van der Waals surface area contributed by atoms with Crippen LogP contribution in [0.5, 0.6) is 0 Å². The second-order valence-electron chi connectivity index (χ2n) is 7.96. The van der Waals surface area contributed by atoms with Gasteiger partial charge in [-0.3, -0.25) is 4.79 Å². The number of fused-ring (bicyclic) bond motifs is 1. The first-order valence-electron chi connectivity index (χ1n) is 9.20. The first-order chi connectivity index (χ1) is 12.4. The molecule has 1 aliphatic heterocycles. The maximum atomic E-state index is 12.6. The molecule has 1 amide bonds. The Kier molecular flexibility index (Phi) is 4.53. The SMILES string of the molecule is Cc1cc(Cl)ccc1C1CCC2(C)C(=O)NCC2C1c1ccc(Cl)cc1. The fourth-order valence-electron chi connectivity index (χ4n) is 5.09. The molecule has 2 aromatic carbocycles. The van der Waals surface area contributed by atoms with Crippen molar-refractivity contribution < 1.29 is 4.79 Å². The van der Waals surface area contributed by atoms with Crippen LogP contribution in [0.25, 0.3) is 0 Å². The lowest BCUT2D eigenvalue weighted by Crippen LogP contribution is -2.41. The van der Waals surface area contributed by atoms with Crippen molar-refractivity contribution in [3.8, 4) is 0 Å². The molecule has 0 spiro atoms. The van der Waals surface area contributed by atoms with Crippen molar-refractivity contribution in [1.82, 2.24) is 5.32 Å². The first kappa shape index (κ1) is 17.9. The largest absolute Gasteiger partial charge is 0.355 e. The maximum absolute atomic E-state index is 12.6. The standard InChI is InChI=1S/C22H23Cl2NO/c1-13-11-16(24)7-8-17(13)18-9-10-22(2)19(12-25-21(22)26)20(18)14-3-5-15(23)6-4-14/h3-8,11,18-20H,9-10,12H2,1-2H3,(H,25,26). The molecule has 2 fully saturated rings. The number of carbonyl (C=O) groups is 1. The van der Waals surface area contributed by atoms with Crippen molar-refractivity contribution in [2.45, 2.75) is 38.5 Å². The lowest BCUT2D eigenvalue weighted by Gasteiger charge is -2.45. The zero-order valence-corrected chi connectivity index (χ0v) is 16.6. The molecule has 4 rings (SSSR count). The molecule has 26 heavy (non-hydrogen) atoms. The molecular weight excluding hydrogens is 365 g/mol. The minimum atomic E-state index is -0.291. The van der Waals surface area contributed by atoms with Crippen LogP contribution < -0.4 is 5.32 Å². The Labute approximate surface area is 164 Å². The predicted octanol–water partition coefficient (Wildman–Crippen LogP) is 5.72. The summed E-state index contributed by atoms with van der Waals surface area (Å²) < 4.78 is 0. The van der Waals surface area contributed by atoms with Crippen LogP contribution in [0.4, 0.5) is 0 Å². The van der Waals surface area contributed by atoms with Gasteiger partial charge in [0.15, 0.2) is 0 Å². The van der Waals surface area contributed by atoms with Crippen LogP contribution in [0.3, 0.4) is 0 Å². The van der Waals surface area contributed by atoms with Gasteiger partial charge in [-0.1, -0.05) is 48.3 Å². The quantitative estimate of drug-likeness (QED) is 0.701. The Bertz CT molecular complexity index is 848. The second kappa shape index (κ2) is 6.58. The van der Waals surface area contributed by atoms with E-state index in [9.17, 15) is 4.79 Å². The lowest BCUT2D eigenvalue weighted by atomic mass is 9.57. The number of hydrogen-bond donors (Lipinski definition) is 1. The van der Waals surface area contributed by atoms with E-state index in [2.05, 4.69) is 37.4 Å². The molecule has 4 atom stereocenters. The van der Waals surface area contributed by atoms with Crippen molar-refractivity contribution in [3.63, 3.8) is 0 Å². The molecule has 1 heterocycles. The number of halogens is 2. The van der Waals surface area contributed by atoms with Crippen LogP contribution in [-0.2, 0) is 4.79 Å². The molecule has 2 aliphatic rings. The molecule has 0 radical (unpaired) electrons.